The van der Waals surface area contributed by atoms with Gasteiger partial charge in [0.15, 0.2) is 23.4 Å². The number of aliphatic carboxylic acids is 1. The number of fused-ring (bicyclic) bond motifs is 1. The fourth-order valence-corrected chi connectivity index (χ4v) is 2.27. The molecule has 1 aromatic heterocycles. The number of benzene rings is 1. The van der Waals surface area contributed by atoms with E-state index >= 15 is 0 Å². The molecule has 0 fully saturated rings. The minimum atomic E-state index is -0.910. The minimum absolute atomic E-state index is 0.0812. The Morgan fingerprint density at radius 2 is 2.25 bits per heavy atom. The van der Waals surface area contributed by atoms with Crippen molar-refractivity contribution in [3.63, 3.8) is 0 Å². The maximum absolute atomic E-state index is 10.5. The molecule has 2 aromatic rings. The van der Waals surface area contributed by atoms with Gasteiger partial charge in [-0.05, 0) is 12.1 Å². The Morgan fingerprint density at radius 3 is 3.05 bits per heavy atom. The van der Waals surface area contributed by atoms with Crippen molar-refractivity contribution in [2.45, 2.75) is 11.3 Å². The van der Waals surface area contributed by atoms with Crippen LogP contribution in [0.3, 0.4) is 0 Å². The van der Waals surface area contributed by atoms with Crippen LogP contribution in [0.5, 0.6) is 11.5 Å². The maximum Gasteiger partial charge on any atom is 0.313 e. The number of rotatable bonds is 4. The van der Waals surface area contributed by atoms with Gasteiger partial charge in [-0.25, -0.2) is 4.98 Å². The monoisotopic (exact) mass is 293 g/mol. The lowest BCUT2D eigenvalue weighted by molar-refractivity contribution is -0.133. The number of nitrogens with zero attached hydrogens (tertiary/aromatic N) is 2. The van der Waals surface area contributed by atoms with Crippen LogP contribution in [0.15, 0.2) is 29.4 Å². The molecule has 20 heavy (non-hydrogen) atoms. The Labute approximate surface area is 118 Å². The molecule has 0 saturated carbocycles. The van der Waals surface area contributed by atoms with Crippen LogP contribution in [-0.2, 0) is 4.79 Å². The van der Waals surface area contributed by atoms with Crippen LogP contribution in [0, 0.1) is 0 Å². The maximum atomic E-state index is 10.5. The Kier molecular flexibility index (Phi) is 3.46. The Morgan fingerprint density at radius 1 is 1.45 bits per heavy atom. The van der Waals surface area contributed by atoms with Crippen molar-refractivity contribution in [3.05, 3.63) is 30.1 Å². The third-order valence-electron chi connectivity index (χ3n) is 2.62. The van der Waals surface area contributed by atoms with Gasteiger partial charge in [0.2, 0.25) is 5.16 Å². The summed E-state index contributed by atoms with van der Waals surface area (Å²) < 4.78 is 11.4. The van der Waals surface area contributed by atoms with Crippen LogP contribution in [0.1, 0.15) is 11.9 Å². The van der Waals surface area contributed by atoms with Gasteiger partial charge in [-0.3, -0.25) is 9.89 Å². The normalized spacial score (nSPS) is 16.9. The smallest absolute Gasteiger partial charge is 0.313 e. The summed E-state index contributed by atoms with van der Waals surface area (Å²) in [6.07, 6.45) is -0.378. The molecule has 0 radical (unpaired) electrons. The van der Waals surface area contributed by atoms with Gasteiger partial charge >= 0.3 is 5.97 Å². The highest BCUT2D eigenvalue weighted by Gasteiger charge is 2.25. The first-order valence-electron chi connectivity index (χ1n) is 5.88. The van der Waals surface area contributed by atoms with Gasteiger partial charge in [0.1, 0.15) is 6.61 Å². The number of thioether (sulfide) groups is 1. The first kappa shape index (κ1) is 12.8. The van der Waals surface area contributed by atoms with E-state index in [1.165, 1.54) is 0 Å². The topological polar surface area (TPSA) is 97.3 Å². The Balaban J connectivity index is 1.70. The average Bonchev–Trinajstić information content (AvgIpc) is 2.93. The van der Waals surface area contributed by atoms with Crippen LogP contribution in [-0.4, -0.2) is 38.6 Å². The van der Waals surface area contributed by atoms with Gasteiger partial charge in [-0.1, -0.05) is 23.9 Å². The zero-order valence-electron chi connectivity index (χ0n) is 10.3. The number of H-pyrrole nitrogens is 1. The van der Waals surface area contributed by atoms with E-state index in [4.69, 9.17) is 14.6 Å². The van der Waals surface area contributed by atoms with E-state index in [9.17, 15) is 4.79 Å². The molecule has 0 spiro atoms. The zero-order valence-corrected chi connectivity index (χ0v) is 11.1. The van der Waals surface area contributed by atoms with Crippen molar-refractivity contribution >= 4 is 17.7 Å². The number of hydrogen-bond acceptors (Lipinski definition) is 6. The molecule has 8 heteroatoms. The summed E-state index contributed by atoms with van der Waals surface area (Å²) in [5.41, 5.74) is 0. The molecule has 1 aliphatic heterocycles. The van der Waals surface area contributed by atoms with E-state index in [-0.39, 0.29) is 11.9 Å². The number of aromatic nitrogens is 3. The van der Waals surface area contributed by atoms with Crippen molar-refractivity contribution in [1.29, 1.82) is 0 Å². The lowest BCUT2D eigenvalue weighted by atomic mass is 10.2. The van der Waals surface area contributed by atoms with Crippen LogP contribution in [0.4, 0.5) is 0 Å². The van der Waals surface area contributed by atoms with Crippen molar-refractivity contribution in [1.82, 2.24) is 15.2 Å². The first-order chi connectivity index (χ1) is 9.72. The number of carboxylic acids is 1. The van der Waals surface area contributed by atoms with E-state index < -0.39 is 5.97 Å². The van der Waals surface area contributed by atoms with Gasteiger partial charge < -0.3 is 14.6 Å². The largest absolute Gasteiger partial charge is 0.485 e. The average molecular weight is 293 g/mol. The van der Waals surface area contributed by atoms with Gasteiger partial charge in [-0.2, -0.15) is 0 Å². The molecule has 2 N–H and O–H groups in total. The van der Waals surface area contributed by atoms with Crippen LogP contribution in [0.2, 0.25) is 0 Å². The molecule has 104 valence electrons. The van der Waals surface area contributed by atoms with Crippen molar-refractivity contribution < 1.29 is 19.4 Å². The summed E-state index contributed by atoms with van der Waals surface area (Å²) in [6, 6.07) is 7.38. The predicted molar refractivity (Wildman–Crippen MR) is 70.0 cm³/mol. The van der Waals surface area contributed by atoms with Crippen molar-refractivity contribution in [2.75, 3.05) is 12.4 Å². The van der Waals surface area contributed by atoms with E-state index in [2.05, 4.69) is 15.2 Å². The van der Waals surface area contributed by atoms with E-state index in [0.717, 1.165) is 11.8 Å². The zero-order chi connectivity index (χ0) is 13.9. The van der Waals surface area contributed by atoms with E-state index in [1.807, 2.05) is 24.3 Å². The lowest BCUT2D eigenvalue weighted by Crippen LogP contribution is -2.22. The fourth-order valence-electron chi connectivity index (χ4n) is 1.75. The molecule has 1 unspecified atom stereocenters. The van der Waals surface area contributed by atoms with Gasteiger partial charge in [0.25, 0.3) is 0 Å². The number of carboxylic acid groups (broad SMARTS) is 1. The molecule has 2 heterocycles. The van der Waals surface area contributed by atoms with Gasteiger partial charge in [-0.15, -0.1) is 5.10 Å². The molecule has 0 aliphatic carbocycles. The molecule has 1 aliphatic rings. The summed E-state index contributed by atoms with van der Waals surface area (Å²) in [4.78, 5) is 14.7. The quantitative estimate of drug-likeness (QED) is 0.824. The van der Waals surface area contributed by atoms with Gasteiger partial charge in [0.05, 0.1) is 5.75 Å². The molecule has 7 nitrogen and oxygen atoms in total. The summed E-state index contributed by atoms with van der Waals surface area (Å²) in [6.45, 7) is 0.329. The predicted octanol–water partition coefficient (Wildman–Crippen LogP) is 1.49. The van der Waals surface area contributed by atoms with Crippen LogP contribution < -0.4 is 9.47 Å². The molecule has 3 rings (SSSR count). The van der Waals surface area contributed by atoms with Crippen molar-refractivity contribution in [3.8, 4) is 11.5 Å². The highest BCUT2D eigenvalue weighted by Crippen LogP contribution is 2.35. The number of ether oxygens (including phenoxy) is 2. The molecule has 0 amide bonds. The van der Waals surface area contributed by atoms with Crippen LogP contribution in [0.25, 0.3) is 0 Å². The van der Waals surface area contributed by atoms with E-state index in [1.54, 1.807) is 0 Å². The molecule has 1 atom stereocenters. The molecule has 1 aromatic carbocycles. The number of carbonyl (C=O) groups is 1. The number of nitrogens with one attached hydrogen (secondary N) is 1. The molecule has 0 saturated heterocycles. The second-order valence-corrected chi connectivity index (χ2v) is 4.99. The minimum Gasteiger partial charge on any atom is -0.485 e. The fraction of sp³-hybridized carbons (Fsp3) is 0.250. The molecule has 0 bridgehead atoms. The summed E-state index contributed by atoms with van der Waals surface area (Å²) in [5, 5.41) is 15.7. The van der Waals surface area contributed by atoms with Gasteiger partial charge in [0, 0.05) is 0 Å². The van der Waals surface area contributed by atoms with Crippen LogP contribution >= 0.6 is 11.8 Å². The highest BCUT2D eigenvalue weighted by molar-refractivity contribution is 7.99. The standard InChI is InChI=1S/C12H11N3O4S/c16-10(17)6-20-12-13-11(14-15-12)9-5-18-7-3-1-2-4-8(7)19-9/h1-4,9H,5-6H2,(H,16,17)(H,13,14,15). The second-order valence-electron chi connectivity index (χ2n) is 4.05. The number of para-hydroxylation sites is 2. The number of aromatic amines is 1. The Hall–Kier alpha value is -2.22. The first-order valence-corrected chi connectivity index (χ1v) is 6.86. The number of hydrogen-bond donors (Lipinski definition) is 2. The summed E-state index contributed by atoms with van der Waals surface area (Å²) in [5.74, 6) is 0.880. The van der Waals surface area contributed by atoms with E-state index in [0.29, 0.717) is 29.1 Å². The Bertz CT molecular complexity index is 631. The van der Waals surface area contributed by atoms with Crippen molar-refractivity contribution in [2.24, 2.45) is 0 Å². The summed E-state index contributed by atoms with van der Waals surface area (Å²) in [7, 11) is 0. The third-order valence-corrected chi connectivity index (χ3v) is 3.45. The second kappa shape index (κ2) is 5.41. The third kappa shape index (κ3) is 2.69. The molecular weight excluding hydrogens is 282 g/mol. The molecular formula is C12H11N3O4S. The lowest BCUT2D eigenvalue weighted by Gasteiger charge is -2.24. The summed E-state index contributed by atoms with van der Waals surface area (Å²) >= 11 is 1.05. The SMILES string of the molecule is O=C(O)CSc1n[nH]c(C2COc3ccccc3O2)n1. The highest BCUT2D eigenvalue weighted by atomic mass is 32.2.